The summed E-state index contributed by atoms with van der Waals surface area (Å²) < 4.78 is 0. The quantitative estimate of drug-likeness (QED) is 0.355. The summed E-state index contributed by atoms with van der Waals surface area (Å²) in [4.78, 5) is 19.5. The summed E-state index contributed by atoms with van der Waals surface area (Å²) in [6, 6.07) is 15.2. The van der Waals surface area contributed by atoms with Crippen LogP contribution in [0.3, 0.4) is 0 Å². The molecule has 0 atom stereocenters. The van der Waals surface area contributed by atoms with E-state index in [1.807, 2.05) is 18.2 Å². The van der Waals surface area contributed by atoms with Crippen molar-refractivity contribution >= 4 is 45.6 Å². The monoisotopic (exact) mass is 423 g/mol. The molecule has 1 aromatic heterocycles. The van der Waals surface area contributed by atoms with Crippen molar-refractivity contribution in [1.82, 2.24) is 4.98 Å². The standard InChI is InChI=1S/C20H21N7O2S/c21-19-14-30-20(23-19)24-22-13-15-12-17(27(28)29)6-7-18(15)26-10-8-25(9-11-26)16-4-2-1-3-5-16/h1-7,12-14H,8-11,21H2,(H,23,24). The zero-order valence-electron chi connectivity index (χ0n) is 16.1. The number of nitrogens with two attached hydrogens (primary N) is 1. The maximum Gasteiger partial charge on any atom is 0.270 e. The van der Waals surface area contributed by atoms with Crippen LogP contribution in [-0.2, 0) is 0 Å². The van der Waals surface area contributed by atoms with Crippen LogP contribution in [0.25, 0.3) is 0 Å². The summed E-state index contributed by atoms with van der Waals surface area (Å²) in [5, 5.41) is 17.7. The molecule has 30 heavy (non-hydrogen) atoms. The summed E-state index contributed by atoms with van der Waals surface area (Å²) in [5.74, 6) is 0.421. The van der Waals surface area contributed by atoms with Crippen LogP contribution in [0, 0.1) is 10.1 Å². The Morgan fingerprint density at radius 2 is 1.87 bits per heavy atom. The summed E-state index contributed by atoms with van der Waals surface area (Å²) in [6.45, 7) is 3.36. The van der Waals surface area contributed by atoms with Crippen LogP contribution in [0.1, 0.15) is 5.56 Å². The molecule has 1 fully saturated rings. The fourth-order valence-electron chi connectivity index (χ4n) is 3.39. The molecule has 3 N–H and O–H groups in total. The first-order valence-electron chi connectivity index (χ1n) is 9.43. The van der Waals surface area contributed by atoms with Gasteiger partial charge in [-0.05, 0) is 18.2 Å². The number of anilines is 4. The Bertz CT molecular complexity index is 1050. The SMILES string of the molecule is Nc1csc(NN=Cc2cc([N+](=O)[O-])ccc2N2CCN(c3ccccc3)CC2)n1. The molecule has 0 spiro atoms. The van der Waals surface area contributed by atoms with E-state index < -0.39 is 4.92 Å². The first kappa shape index (κ1) is 19.6. The average Bonchev–Trinajstić information content (AvgIpc) is 3.19. The van der Waals surface area contributed by atoms with Crippen molar-refractivity contribution in [2.45, 2.75) is 0 Å². The number of nitro groups is 1. The van der Waals surface area contributed by atoms with Crippen molar-refractivity contribution in [3.05, 3.63) is 69.6 Å². The van der Waals surface area contributed by atoms with E-state index in [1.165, 1.54) is 23.1 Å². The molecule has 0 saturated carbocycles. The van der Waals surface area contributed by atoms with Gasteiger partial charge in [-0.1, -0.05) is 18.2 Å². The number of hydrogen-bond donors (Lipinski definition) is 2. The number of hydrogen-bond acceptors (Lipinski definition) is 9. The summed E-state index contributed by atoms with van der Waals surface area (Å²) in [7, 11) is 0. The second kappa shape index (κ2) is 8.78. The highest BCUT2D eigenvalue weighted by Gasteiger charge is 2.20. The van der Waals surface area contributed by atoms with E-state index in [0.717, 1.165) is 31.9 Å². The number of nitro benzene ring substituents is 1. The van der Waals surface area contributed by atoms with E-state index in [-0.39, 0.29) is 5.69 Å². The molecule has 10 heteroatoms. The van der Waals surface area contributed by atoms with Gasteiger partial charge in [-0.3, -0.25) is 15.5 Å². The predicted octanol–water partition coefficient (Wildman–Crippen LogP) is 3.41. The third-order valence-corrected chi connectivity index (χ3v) is 5.61. The Hall–Kier alpha value is -3.66. The Balaban J connectivity index is 1.51. The topological polar surface area (TPSA) is 113 Å². The molecule has 0 unspecified atom stereocenters. The van der Waals surface area contributed by atoms with Gasteiger partial charge >= 0.3 is 0 Å². The number of nitrogens with one attached hydrogen (secondary N) is 1. The second-order valence-electron chi connectivity index (χ2n) is 6.76. The molecule has 1 saturated heterocycles. The molecule has 3 aromatic rings. The number of aromatic nitrogens is 1. The molecule has 1 aliphatic rings. The second-order valence-corrected chi connectivity index (χ2v) is 7.62. The molecule has 2 aromatic carbocycles. The Morgan fingerprint density at radius 3 is 2.53 bits per heavy atom. The largest absolute Gasteiger partial charge is 0.383 e. The molecule has 0 bridgehead atoms. The van der Waals surface area contributed by atoms with E-state index in [2.05, 4.69) is 37.4 Å². The number of piperazine rings is 1. The average molecular weight is 424 g/mol. The van der Waals surface area contributed by atoms with Crippen LogP contribution < -0.4 is 21.0 Å². The number of rotatable bonds is 6. The van der Waals surface area contributed by atoms with Crippen LogP contribution in [-0.4, -0.2) is 42.3 Å². The van der Waals surface area contributed by atoms with Crippen molar-refractivity contribution < 1.29 is 4.92 Å². The van der Waals surface area contributed by atoms with Gasteiger partial charge in [-0.2, -0.15) is 5.10 Å². The van der Waals surface area contributed by atoms with E-state index in [9.17, 15) is 10.1 Å². The third kappa shape index (κ3) is 4.49. The lowest BCUT2D eigenvalue weighted by atomic mass is 10.1. The minimum absolute atomic E-state index is 0.0293. The van der Waals surface area contributed by atoms with Crippen LogP contribution in [0.2, 0.25) is 0 Å². The van der Waals surface area contributed by atoms with Crippen molar-refractivity contribution in [2.75, 3.05) is 47.1 Å². The highest BCUT2D eigenvalue weighted by molar-refractivity contribution is 7.14. The molecule has 1 aliphatic heterocycles. The number of thiazole rings is 1. The number of non-ortho nitro benzene ring substituents is 1. The smallest absolute Gasteiger partial charge is 0.270 e. The molecule has 0 radical (unpaired) electrons. The molecular weight excluding hydrogens is 402 g/mol. The first-order chi connectivity index (χ1) is 14.6. The van der Waals surface area contributed by atoms with E-state index in [1.54, 1.807) is 23.7 Å². The fourth-order valence-corrected chi connectivity index (χ4v) is 3.93. The van der Waals surface area contributed by atoms with Gasteiger partial charge in [0, 0.05) is 60.6 Å². The van der Waals surface area contributed by atoms with Gasteiger partial charge in [-0.25, -0.2) is 4.98 Å². The fraction of sp³-hybridized carbons (Fsp3) is 0.200. The third-order valence-electron chi connectivity index (χ3n) is 4.85. The Labute approximate surface area is 177 Å². The summed E-state index contributed by atoms with van der Waals surface area (Å²) in [5.41, 5.74) is 11.3. The van der Waals surface area contributed by atoms with Crippen LogP contribution in [0.5, 0.6) is 0 Å². The normalized spacial score (nSPS) is 14.3. The maximum atomic E-state index is 11.2. The minimum atomic E-state index is -0.399. The molecule has 0 amide bonds. The van der Waals surface area contributed by atoms with Gasteiger partial charge in [0.05, 0.1) is 11.1 Å². The number of benzene rings is 2. The molecule has 2 heterocycles. The maximum absolute atomic E-state index is 11.2. The van der Waals surface area contributed by atoms with Crippen molar-refractivity contribution in [2.24, 2.45) is 5.10 Å². The van der Waals surface area contributed by atoms with E-state index in [0.29, 0.717) is 16.5 Å². The number of nitrogens with zero attached hydrogens (tertiary/aromatic N) is 5. The van der Waals surface area contributed by atoms with Crippen molar-refractivity contribution in [3.8, 4) is 0 Å². The number of nitrogen functional groups attached to an aromatic ring is 1. The zero-order chi connectivity index (χ0) is 20.9. The van der Waals surface area contributed by atoms with E-state index in [4.69, 9.17) is 5.73 Å². The van der Waals surface area contributed by atoms with Gasteiger partial charge < -0.3 is 15.5 Å². The van der Waals surface area contributed by atoms with Gasteiger partial charge in [0.25, 0.3) is 5.69 Å². The minimum Gasteiger partial charge on any atom is -0.383 e. The first-order valence-corrected chi connectivity index (χ1v) is 10.3. The molecular formula is C20H21N7O2S. The lowest BCUT2D eigenvalue weighted by Gasteiger charge is -2.37. The van der Waals surface area contributed by atoms with Gasteiger partial charge in [0.15, 0.2) is 0 Å². The Morgan fingerprint density at radius 1 is 1.13 bits per heavy atom. The van der Waals surface area contributed by atoms with Crippen molar-refractivity contribution in [1.29, 1.82) is 0 Å². The highest BCUT2D eigenvalue weighted by atomic mass is 32.1. The summed E-state index contributed by atoms with van der Waals surface area (Å²) in [6.07, 6.45) is 1.59. The van der Waals surface area contributed by atoms with Crippen LogP contribution in [0.4, 0.5) is 28.0 Å². The van der Waals surface area contributed by atoms with Crippen molar-refractivity contribution in [3.63, 3.8) is 0 Å². The van der Waals surface area contributed by atoms with Crippen LogP contribution in [0.15, 0.2) is 59.0 Å². The lowest BCUT2D eigenvalue weighted by Crippen LogP contribution is -2.46. The Kier molecular flexibility index (Phi) is 5.75. The lowest BCUT2D eigenvalue weighted by molar-refractivity contribution is -0.384. The zero-order valence-corrected chi connectivity index (χ0v) is 17.0. The summed E-state index contributed by atoms with van der Waals surface area (Å²) >= 11 is 1.34. The molecule has 0 aliphatic carbocycles. The van der Waals surface area contributed by atoms with E-state index >= 15 is 0 Å². The molecule has 154 valence electrons. The van der Waals surface area contributed by atoms with Gasteiger partial charge in [0.1, 0.15) is 5.82 Å². The highest BCUT2D eigenvalue weighted by Crippen LogP contribution is 2.27. The predicted molar refractivity (Wildman–Crippen MR) is 122 cm³/mol. The number of hydrazone groups is 1. The molecule has 4 rings (SSSR count). The number of para-hydroxylation sites is 1. The van der Waals surface area contributed by atoms with Gasteiger partial charge in [0.2, 0.25) is 5.13 Å². The van der Waals surface area contributed by atoms with Crippen LogP contribution >= 0.6 is 11.3 Å². The molecule has 9 nitrogen and oxygen atoms in total. The van der Waals surface area contributed by atoms with Gasteiger partial charge in [-0.15, -0.1) is 11.3 Å².